The van der Waals surface area contributed by atoms with E-state index in [0.717, 1.165) is 25.7 Å². The minimum atomic E-state index is -0.633. The molecule has 2 atom stereocenters. The fourth-order valence-electron chi connectivity index (χ4n) is 3.64. The minimum Gasteiger partial charge on any atom is -0.456 e. The molecule has 2 fully saturated rings. The smallest absolute Gasteiger partial charge is 0.308 e. The topological polar surface area (TPSA) is 92.8 Å². The number of fused-ring (bicyclic) bond motifs is 1. The summed E-state index contributed by atoms with van der Waals surface area (Å²) in [7, 11) is 0. The number of anilines is 1. The first kappa shape index (κ1) is 19.4. The fraction of sp³-hybridized carbons (Fsp3) is 0.474. The van der Waals surface area contributed by atoms with Crippen LogP contribution in [-0.4, -0.2) is 41.7 Å². The fourth-order valence-corrected chi connectivity index (χ4v) is 3.83. The van der Waals surface area contributed by atoms with Gasteiger partial charge in [0, 0.05) is 17.3 Å². The highest BCUT2D eigenvalue weighted by Gasteiger charge is 2.47. The minimum absolute atomic E-state index is 0.000583. The predicted molar refractivity (Wildman–Crippen MR) is 97.8 cm³/mol. The number of carbonyl (C=O) groups is 4. The Hall–Kier alpha value is -2.41. The van der Waals surface area contributed by atoms with Crippen molar-refractivity contribution in [1.82, 2.24) is 4.90 Å². The van der Waals surface area contributed by atoms with Gasteiger partial charge in [-0.05, 0) is 31.0 Å². The summed E-state index contributed by atoms with van der Waals surface area (Å²) in [6.07, 6.45) is 3.26. The molecule has 1 aromatic carbocycles. The number of amides is 3. The zero-order valence-corrected chi connectivity index (χ0v) is 15.5. The number of carbonyl (C=O) groups excluding carboxylic acids is 4. The maximum absolute atomic E-state index is 12.3. The summed E-state index contributed by atoms with van der Waals surface area (Å²) in [6, 6.07) is 6.60. The zero-order chi connectivity index (χ0) is 19.4. The van der Waals surface area contributed by atoms with Crippen LogP contribution in [0.25, 0.3) is 0 Å². The van der Waals surface area contributed by atoms with Crippen LogP contribution in [0.4, 0.5) is 5.69 Å². The Labute approximate surface area is 162 Å². The number of nitrogens with zero attached hydrogens (tertiary/aromatic N) is 1. The first-order chi connectivity index (χ1) is 13.0. The van der Waals surface area contributed by atoms with E-state index in [4.69, 9.17) is 16.3 Å². The van der Waals surface area contributed by atoms with Gasteiger partial charge in [0.2, 0.25) is 11.8 Å². The van der Waals surface area contributed by atoms with Crippen LogP contribution in [0.1, 0.15) is 32.1 Å². The van der Waals surface area contributed by atoms with Crippen molar-refractivity contribution in [2.24, 2.45) is 11.8 Å². The van der Waals surface area contributed by atoms with Crippen molar-refractivity contribution >= 4 is 41.0 Å². The number of hydrogen-bond acceptors (Lipinski definition) is 5. The quantitative estimate of drug-likeness (QED) is 0.592. The Morgan fingerprint density at radius 2 is 1.81 bits per heavy atom. The van der Waals surface area contributed by atoms with Gasteiger partial charge in [-0.1, -0.05) is 30.5 Å². The molecule has 27 heavy (non-hydrogen) atoms. The molecule has 1 aliphatic carbocycles. The Bertz CT molecular complexity index is 742. The highest BCUT2D eigenvalue weighted by atomic mass is 35.5. The third-order valence-electron chi connectivity index (χ3n) is 4.94. The number of halogens is 1. The molecule has 3 amide bonds. The van der Waals surface area contributed by atoms with Gasteiger partial charge in [-0.15, -0.1) is 0 Å². The van der Waals surface area contributed by atoms with Crippen LogP contribution in [0.15, 0.2) is 24.3 Å². The average molecular weight is 393 g/mol. The van der Waals surface area contributed by atoms with Crippen molar-refractivity contribution in [3.05, 3.63) is 29.3 Å². The predicted octanol–water partition coefficient (Wildman–Crippen LogP) is 2.39. The zero-order valence-electron chi connectivity index (χ0n) is 14.8. The second-order valence-corrected chi connectivity index (χ2v) is 7.23. The van der Waals surface area contributed by atoms with Crippen molar-refractivity contribution in [2.45, 2.75) is 32.1 Å². The van der Waals surface area contributed by atoms with Gasteiger partial charge in [-0.25, -0.2) is 0 Å². The number of nitrogens with one attached hydrogen (secondary N) is 1. The van der Waals surface area contributed by atoms with Gasteiger partial charge in [-0.3, -0.25) is 24.1 Å². The largest absolute Gasteiger partial charge is 0.456 e. The van der Waals surface area contributed by atoms with Crippen LogP contribution in [-0.2, 0) is 23.9 Å². The van der Waals surface area contributed by atoms with Crippen LogP contribution in [0.2, 0.25) is 5.02 Å². The molecule has 0 spiro atoms. The lowest BCUT2D eigenvalue weighted by Gasteiger charge is -2.19. The monoisotopic (exact) mass is 392 g/mol. The van der Waals surface area contributed by atoms with E-state index in [1.54, 1.807) is 24.3 Å². The molecule has 3 rings (SSSR count). The van der Waals surface area contributed by atoms with Gasteiger partial charge >= 0.3 is 5.97 Å². The van der Waals surface area contributed by atoms with Crippen LogP contribution >= 0.6 is 11.6 Å². The molecule has 0 radical (unpaired) electrons. The van der Waals surface area contributed by atoms with Gasteiger partial charge < -0.3 is 10.1 Å². The molecule has 1 N–H and O–H groups in total. The number of ether oxygens (including phenoxy) is 1. The van der Waals surface area contributed by atoms with Crippen molar-refractivity contribution in [3.8, 4) is 0 Å². The van der Waals surface area contributed by atoms with Gasteiger partial charge in [-0.2, -0.15) is 0 Å². The van der Waals surface area contributed by atoms with E-state index in [-0.39, 0.29) is 36.6 Å². The molecule has 1 aromatic rings. The molecule has 0 aromatic heterocycles. The molecule has 1 saturated carbocycles. The van der Waals surface area contributed by atoms with Crippen LogP contribution < -0.4 is 5.32 Å². The number of esters is 1. The Balaban J connectivity index is 1.42. The Kier molecular flexibility index (Phi) is 6.11. The molecule has 144 valence electrons. The molecule has 0 bridgehead atoms. The summed E-state index contributed by atoms with van der Waals surface area (Å²) >= 11 is 5.83. The molecular formula is C19H21ClN2O5. The lowest BCUT2D eigenvalue weighted by molar-refractivity contribution is -0.148. The van der Waals surface area contributed by atoms with Gasteiger partial charge in [0.05, 0.1) is 18.3 Å². The SMILES string of the molecule is O=C(COC(=O)CCN1C(=O)[C@H]2CCCC[C@H]2C1=O)Nc1cccc(Cl)c1. The van der Waals surface area contributed by atoms with Crippen LogP contribution in [0.5, 0.6) is 0 Å². The first-order valence-corrected chi connectivity index (χ1v) is 9.40. The molecule has 1 saturated heterocycles. The molecular weight excluding hydrogens is 372 g/mol. The molecule has 1 aliphatic heterocycles. The van der Waals surface area contributed by atoms with Gasteiger partial charge in [0.25, 0.3) is 5.91 Å². The van der Waals surface area contributed by atoms with Crippen molar-refractivity contribution in [3.63, 3.8) is 0 Å². The normalized spacial score (nSPS) is 21.7. The summed E-state index contributed by atoms with van der Waals surface area (Å²) in [4.78, 5) is 49.5. The Morgan fingerprint density at radius 1 is 1.15 bits per heavy atom. The third kappa shape index (κ3) is 4.66. The van der Waals surface area contributed by atoms with E-state index in [9.17, 15) is 19.2 Å². The third-order valence-corrected chi connectivity index (χ3v) is 5.18. The lowest BCUT2D eigenvalue weighted by Crippen LogP contribution is -2.33. The van der Waals surface area contributed by atoms with Gasteiger partial charge in [0.1, 0.15) is 0 Å². The second kappa shape index (κ2) is 8.52. The summed E-state index contributed by atoms with van der Waals surface area (Å²) in [5.74, 6) is -1.96. The van der Waals surface area contributed by atoms with E-state index in [0.29, 0.717) is 10.7 Å². The lowest BCUT2D eigenvalue weighted by atomic mass is 9.81. The molecule has 0 unspecified atom stereocenters. The number of likely N-dealkylation sites (tertiary alicyclic amines) is 1. The Morgan fingerprint density at radius 3 is 2.44 bits per heavy atom. The number of hydrogen-bond donors (Lipinski definition) is 1. The number of benzene rings is 1. The standard InChI is InChI=1S/C19H21ClN2O5/c20-12-4-3-5-13(10-12)21-16(23)11-27-17(24)8-9-22-18(25)14-6-1-2-7-15(14)19(22)26/h3-5,10,14-15H,1-2,6-9,11H2,(H,21,23)/t14-,15+. The van der Waals surface area contributed by atoms with E-state index in [2.05, 4.69) is 5.32 Å². The highest BCUT2D eigenvalue weighted by molar-refractivity contribution is 6.30. The van der Waals surface area contributed by atoms with E-state index in [1.807, 2.05) is 0 Å². The summed E-state index contributed by atoms with van der Waals surface area (Å²) in [5.41, 5.74) is 0.499. The van der Waals surface area contributed by atoms with E-state index < -0.39 is 18.5 Å². The molecule has 2 aliphatic rings. The van der Waals surface area contributed by atoms with Crippen molar-refractivity contribution in [2.75, 3.05) is 18.5 Å². The first-order valence-electron chi connectivity index (χ1n) is 9.02. The maximum Gasteiger partial charge on any atom is 0.308 e. The molecule has 7 nitrogen and oxygen atoms in total. The maximum atomic E-state index is 12.3. The summed E-state index contributed by atoms with van der Waals surface area (Å²) in [5, 5.41) is 3.04. The number of rotatable bonds is 6. The van der Waals surface area contributed by atoms with Crippen LogP contribution in [0.3, 0.4) is 0 Å². The van der Waals surface area contributed by atoms with Crippen molar-refractivity contribution < 1.29 is 23.9 Å². The van der Waals surface area contributed by atoms with E-state index in [1.165, 1.54) is 4.90 Å². The average Bonchev–Trinajstić information content (AvgIpc) is 2.89. The van der Waals surface area contributed by atoms with Gasteiger partial charge in [0.15, 0.2) is 6.61 Å². The molecule has 8 heteroatoms. The van der Waals surface area contributed by atoms with E-state index >= 15 is 0 Å². The van der Waals surface area contributed by atoms with Crippen LogP contribution in [0, 0.1) is 11.8 Å². The highest BCUT2D eigenvalue weighted by Crippen LogP contribution is 2.37. The molecule has 1 heterocycles. The van der Waals surface area contributed by atoms with Crippen molar-refractivity contribution in [1.29, 1.82) is 0 Å². The summed E-state index contributed by atoms with van der Waals surface area (Å²) < 4.78 is 4.92. The second-order valence-electron chi connectivity index (χ2n) is 6.79. The number of imide groups is 1. The summed E-state index contributed by atoms with van der Waals surface area (Å²) in [6.45, 7) is -0.447.